The molecule has 1 aliphatic rings. The molecule has 1 atom stereocenters. The van der Waals surface area contributed by atoms with Crippen molar-refractivity contribution >= 4 is 35.6 Å². The van der Waals surface area contributed by atoms with Gasteiger partial charge in [0.15, 0.2) is 5.96 Å². The Labute approximate surface area is 176 Å². The van der Waals surface area contributed by atoms with E-state index >= 15 is 0 Å². The number of likely N-dealkylation sites (tertiary alicyclic amines) is 1. The van der Waals surface area contributed by atoms with Gasteiger partial charge in [-0.1, -0.05) is 19.1 Å². The Bertz CT molecular complexity index is 530. The maximum absolute atomic E-state index is 4.35. The van der Waals surface area contributed by atoms with Crippen LogP contribution in [0.2, 0.25) is 0 Å². The van der Waals surface area contributed by atoms with Gasteiger partial charge in [-0.05, 0) is 56.5 Å². The first kappa shape index (κ1) is 23.0. The van der Waals surface area contributed by atoms with E-state index in [1.807, 2.05) is 7.05 Å². The van der Waals surface area contributed by atoms with Crippen LogP contribution in [0.3, 0.4) is 0 Å². The van der Waals surface area contributed by atoms with Crippen molar-refractivity contribution in [1.82, 2.24) is 15.5 Å². The summed E-state index contributed by atoms with van der Waals surface area (Å²) < 4.78 is 0. The molecule has 1 aromatic rings. The van der Waals surface area contributed by atoms with E-state index in [0.717, 1.165) is 38.4 Å². The average Bonchev–Trinajstić information content (AvgIpc) is 3.09. The fraction of sp³-hybridized carbons (Fsp3) is 0.650. The van der Waals surface area contributed by atoms with E-state index < -0.39 is 0 Å². The SMILES string of the molecule is CCN1CCCC1CNC(=NC)NCCCc1ccc(N(C)C)cc1.I. The maximum Gasteiger partial charge on any atom is 0.191 e. The van der Waals surface area contributed by atoms with Crippen LogP contribution in [0, 0.1) is 0 Å². The Morgan fingerprint density at radius 3 is 2.58 bits per heavy atom. The quantitative estimate of drug-likeness (QED) is 0.264. The van der Waals surface area contributed by atoms with E-state index in [2.05, 4.69) is 70.7 Å². The molecule has 1 aromatic carbocycles. The van der Waals surface area contributed by atoms with Gasteiger partial charge in [-0.15, -0.1) is 24.0 Å². The second-order valence-corrected chi connectivity index (χ2v) is 6.97. The first-order valence-electron chi connectivity index (χ1n) is 9.59. The van der Waals surface area contributed by atoms with E-state index in [0.29, 0.717) is 6.04 Å². The van der Waals surface area contributed by atoms with E-state index in [1.54, 1.807) is 0 Å². The Morgan fingerprint density at radius 1 is 1.23 bits per heavy atom. The van der Waals surface area contributed by atoms with Gasteiger partial charge >= 0.3 is 0 Å². The number of aliphatic imine (C=N–C) groups is 1. The molecule has 0 aromatic heterocycles. The minimum Gasteiger partial charge on any atom is -0.378 e. The number of nitrogens with zero attached hydrogens (tertiary/aromatic N) is 3. The molecule has 1 aliphatic heterocycles. The van der Waals surface area contributed by atoms with Crippen LogP contribution >= 0.6 is 24.0 Å². The van der Waals surface area contributed by atoms with Crippen LogP contribution in [0.1, 0.15) is 31.7 Å². The van der Waals surface area contributed by atoms with Gasteiger partial charge in [-0.2, -0.15) is 0 Å². The Hall–Kier alpha value is -1.02. The number of benzene rings is 1. The minimum absolute atomic E-state index is 0. The van der Waals surface area contributed by atoms with Crippen molar-refractivity contribution in [2.24, 2.45) is 4.99 Å². The third-order valence-electron chi connectivity index (χ3n) is 5.02. The van der Waals surface area contributed by atoms with Gasteiger partial charge in [-0.25, -0.2) is 0 Å². The molecule has 148 valence electrons. The molecular formula is C20H36IN5. The fourth-order valence-corrected chi connectivity index (χ4v) is 3.44. The number of hydrogen-bond acceptors (Lipinski definition) is 3. The average molecular weight is 473 g/mol. The lowest BCUT2D eigenvalue weighted by Crippen LogP contribution is -2.45. The highest BCUT2D eigenvalue weighted by Crippen LogP contribution is 2.15. The number of rotatable bonds is 8. The number of halogens is 1. The summed E-state index contributed by atoms with van der Waals surface area (Å²) in [5.74, 6) is 0.922. The van der Waals surface area contributed by atoms with Gasteiger partial charge in [-0.3, -0.25) is 9.89 Å². The van der Waals surface area contributed by atoms with Crippen LogP contribution in [0.5, 0.6) is 0 Å². The largest absolute Gasteiger partial charge is 0.378 e. The third-order valence-corrected chi connectivity index (χ3v) is 5.02. The highest BCUT2D eigenvalue weighted by Gasteiger charge is 2.22. The van der Waals surface area contributed by atoms with Gasteiger partial charge < -0.3 is 15.5 Å². The first-order valence-corrected chi connectivity index (χ1v) is 9.59. The highest BCUT2D eigenvalue weighted by atomic mass is 127. The van der Waals surface area contributed by atoms with Crippen molar-refractivity contribution in [1.29, 1.82) is 0 Å². The molecule has 2 rings (SSSR count). The molecule has 0 bridgehead atoms. The van der Waals surface area contributed by atoms with Crippen molar-refractivity contribution < 1.29 is 0 Å². The predicted octanol–water partition coefficient (Wildman–Crippen LogP) is 2.95. The zero-order chi connectivity index (χ0) is 18.1. The Morgan fingerprint density at radius 2 is 1.96 bits per heavy atom. The lowest BCUT2D eigenvalue weighted by atomic mass is 10.1. The smallest absolute Gasteiger partial charge is 0.191 e. The molecule has 1 fully saturated rings. The molecule has 2 N–H and O–H groups in total. The molecule has 0 saturated carbocycles. The zero-order valence-corrected chi connectivity index (χ0v) is 19.1. The van der Waals surface area contributed by atoms with Gasteiger partial charge in [0, 0.05) is 46.0 Å². The minimum atomic E-state index is 0. The number of anilines is 1. The van der Waals surface area contributed by atoms with Crippen LogP contribution in [0.25, 0.3) is 0 Å². The maximum atomic E-state index is 4.35. The first-order chi connectivity index (χ1) is 12.1. The summed E-state index contributed by atoms with van der Waals surface area (Å²) in [4.78, 5) is 9.03. The number of guanidine groups is 1. The summed E-state index contributed by atoms with van der Waals surface area (Å²) in [5.41, 5.74) is 2.64. The van der Waals surface area contributed by atoms with Crippen LogP contribution in [-0.4, -0.2) is 64.2 Å². The topological polar surface area (TPSA) is 42.9 Å². The summed E-state index contributed by atoms with van der Waals surface area (Å²) in [7, 11) is 5.99. The van der Waals surface area contributed by atoms with Crippen molar-refractivity contribution in [3.63, 3.8) is 0 Å². The summed E-state index contributed by atoms with van der Waals surface area (Å²) >= 11 is 0. The van der Waals surface area contributed by atoms with Crippen LogP contribution in [0.4, 0.5) is 5.69 Å². The molecule has 1 unspecified atom stereocenters. The monoisotopic (exact) mass is 473 g/mol. The fourth-order valence-electron chi connectivity index (χ4n) is 3.44. The van der Waals surface area contributed by atoms with Gasteiger partial charge in [0.05, 0.1) is 0 Å². The van der Waals surface area contributed by atoms with Crippen molar-refractivity contribution in [2.75, 3.05) is 52.2 Å². The second-order valence-electron chi connectivity index (χ2n) is 6.97. The molecular weight excluding hydrogens is 437 g/mol. The summed E-state index contributed by atoms with van der Waals surface area (Å²) in [6, 6.07) is 9.47. The highest BCUT2D eigenvalue weighted by molar-refractivity contribution is 14.0. The number of likely N-dealkylation sites (N-methyl/N-ethyl adjacent to an activating group) is 1. The van der Waals surface area contributed by atoms with Crippen molar-refractivity contribution in [3.05, 3.63) is 29.8 Å². The lowest BCUT2D eigenvalue weighted by molar-refractivity contribution is 0.267. The second kappa shape index (κ2) is 12.4. The van der Waals surface area contributed by atoms with E-state index in [-0.39, 0.29) is 24.0 Å². The molecule has 0 spiro atoms. The molecule has 26 heavy (non-hydrogen) atoms. The molecule has 1 saturated heterocycles. The molecule has 5 nitrogen and oxygen atoms in total. The number of aryl methyl sites for hydroxylation is 1. The van der Waals surface area contributed by atoms with Crippen LogP contribution in [-0.2, 0) is 6.42 Å². The van der Waals surface area contributed by atoms with Gasteiger partial charge in [0.25, 0.3) is 0 Å². The summed E-state index contributed by atoms with van der Waals surface area (Å²) in [5, 5.41) is 6.92. The molecule has 0 amide bonds. The van der Waals surface area contributed by atoms with Crippen molar-refractivity contribution in [2.45, 2.75) is 38.6 Å². The number of nitrogens with one attached hydrogen (secondary N) is 2. The summed E-state index contributed by atoms with van der Waals surface area (Å²) in [6.07, 6.45) is 4.80. The van der Waals surface area contributed by atoms with Gasteiger partial charge in [0.2, 0.25) is 0 Å². The molecule has 0 radical (unpaired) electrons. The standard InChI is InChI=1S/C20H35N5.HI/c1-5-25-15-7-9-19(25)16-23-20(21-2)22-14-6-8-17-10-12-18(13-11-17)24(3)4;/h10-13,19H,5-9,14-16H2,1-4H3,(H2,21,22,23);1H. The molecule has 6 heteroatoms. The lowest BCUT2D eigenvalue weighted by Gasteiger charge is -2.24. The van der Waals surface area contributed by atoms with Crippen molar-refractivity contribution in [3.8, 4) is 0 Å². The Balaban J connectivity index is 0.00000338. The molecule has 0 aliphatic carbocycles. The normalized spacial score (nSPS) is 17.7. The summed E-state index contributed by atoms with van der Waals surface area (Å²) in [6.45, 7) is 6.56. The van der Waals surface area contributed by atoms with Crippen LogP contribution in [0.15, 0.2) is 29.3 Å². The van der Waals surface area contributed by atoms with Crippen LogP contribution < -0.4 is 15.5 Å². The predicted molar refractivity (Wildman–Crippen MR) is 124 cm³/mol. The van der Waals surface area contributed by atoms with E-state index in [4.69, 9.17) is 0 Å². The number of hydrogen-bond donors (Lipinski definition) is 2. The third kappa shape index (κ3) is 7.31. The Kier molecular flexibility index (Phi) is 11.0. The van der Waals surface area contributed by atoms with E-state index in [1.165, 1.54) is 30.6 Å². The van der Waals surface area contributed by atoms with E-state index in [9.17, 15) is 0 Å². The van der Waals surface area contributed by atoms with Gasteiger partial charge in [0.1, 0.15) is 0 Å². The zero-order valence-electron chi connectivity index (χ0n) is 16.8. The molecule has 1 heterocycles.